The average Bonchev–Trinajstić information content (AvgIpc) is 2.64. The zero-order valence-corrected chi connectivity index (χ0v) is 15.4. The van der Waals surface area contributed by atoms with Crippen LogP contribution in [0.5, 0.6) is 0 Å². The van der Waals surface area contributed by atoms with Gasteiger partial charge >= 0.3 is 0 Å². The Kier molecular flexibility index (Phi) is 5.64. The fourth-order valence-corrected chi connectivity index (χ4v) is 3.20. The van der Waals surface area contributed by atoms with Crippen LogP contribution in [0, 0.1) is 5.92 Å². The van der Waals surface area contributed by atoms with Crippen LogP contribution in [-0.2, 0) is 4.79 Å². The van der Waals surface area contributed by atoms with Crippen LogP contribution in [0.25, 0.3) is 0 Å². The Morgan fingerprint density at radius 2 is 1.81 bits per heavy atom. The first-order valence-electron chi connectivity index (χ1n) is 8.21. The van der Waals surface area contributed by atoms with Crippen molar-refractivity contribution in [2.24, 2.45) is 11.7 Å². The lowest BCUT2D eigenvalue weighted by Gasteiger charge is -2.32. The van der Waals surface area contributed by atoms with Crippen LogP contribution in [0.3, 0.4) is 0 Å². The minimum Gasteiger partial charge on any atom is -0.371 e. The van der Waals surface area contributed by atoms with E-state index in [2.05, 4.69) is 15.2 Å². The van der Waals surface area contributed by atoms with Gasteiger partial charge in [-0.2, -0.15) is 0 Å². The molecule has 2 amide bonds. The van der Waals surface area contributed by atoms with Crippen LogP contribution in [-0.4, -0.2) is 29.9 Å². The van der Waals surface area contributed by atoms with Crippen molar-refractivity contribution in [3.05, 3.63) is 52.3 Å². The number of nitrogens with one attached hydrogen (secondary N) is 1. The molecule has 0 aliphatic carbocycles. The second-order valence-corrected chi connectivity index (χ2v) is 6.93. The molecule has 1 saturated heterocycles. The maximum absolute atomic E-state index is 12.3. The fraction of sp³-hybridized carbons (Fsp3) is 0.278. The second-order valence-electron chi connectivity index (χ2n) is 6.16. The highest BCUT2D eigenvalue weighted by Gasteiger charge is 2.23. The molecule has 3 rings (SSSR count). The number of aromatic nitrogens is 1. The van der Waals surface area contributed by atoms with Gasteiger partial charge < -0.3 is 16.0 Å². The molecule has 1 aromatic carbocycles. The van der Waals surface area contributed by atoms with Gasteiger partial charge in [0, 0.05) is 36.6 Å². The Labute approximate surface area is 161 Å². The number of hydrogen-bond acceptors (Lipinski definition) is 4. The summed E-state index contributed by atoms with van der Waals surface area (Å²) in [5, 5.41) is 3.19. The topological polar surface area (TPSA) is 88.3 Å². The van der Waals surface area contributed by atoms with Crippen molar-refractivity contribution in [3.63, 3.8) is 0 Å². The summed E-state index contributed by atoms with van der Waals surface area (Å²) in [6, 6.07) is 9.01. The highest BCUT2D eigenvalue weighted by molar-refractivity contribution is 6.41. The van der Waals surface area contributed by atoms with Gasteiger partial charge in [-0.25, -0.2) is 4.98 Å². The Morgan fingerprint density at radius 1 is 1.15 bits per heavy atom. The smallest absolute Gasteiger partial charge is 0.257 e. The third kappa shape index (κ3) is 4.26. The second kappa shape index (κ2) is 7.93. The van der Waals surface area contributed by atoms with Gasteiger partial charge in [-0.05, 0) is 43.2 Å². The molecule has 2 aromatic rings. The van der Waals surface area contributed by atoms with Crippen LogP contribution in [0.1, 0.15) is 23.2 Å². The number of pyridine rings is 1. The number of hydrogen-bond donors (Lipinski definition) is 2. The first-order valence-corrected chi connectivity index (χ1v) is 8.96. The molecule has 0 atom stereocenters. The number of carbonyl (C=O) groups excluding carboxylic acids is 2. The number of rotatable bonds is 4. The van der Waals surface area contributed by atoms with E-state index in [1.54, 1.807) is 0 Å². The molecular weight excluding hydrogens is 375 g/mol. The van der Waals surface area contributed by atoms with Gasteiger partial charge in [0.1, 0.15) is 5.15 Å². The van der Waals surface area contributed by atoms with Crippen molar-refractivity contribution in [3.8, 4) is 0 Å². The molecule has 0 saturated carbocycles. The quantitative estimate of drug-likeness (QED) is 0.780. The molecule has 0 spiro atoms. The predicted molar refractivity (Wildman–Crippen MR) is 103 cm³/mol. The molecule has 1 aromatic heterocycles. The third-order valence-electron chi connectivity index (χ3n) is 4.45. The number of halogens is 2. The summed E-state index contributed by atoms with van der Waals surface area (Å²) >= 11 is 11.6. The number of amides is 2. The molecule has 0 radical (unpaired) electrons. The van der Waals surface area contributed by atoms with E-state index in [4.69, 9.17) is 28.9 Å². The van der Waals surface area contributed by atoms with Gasteiger partial charge in [0.15, 0.2) is 0 Å². The number of nitrogens with two attached hydrogens (primary N) is 1. The lowest BCUT2D eigenvalue weighted by Crippen LogP contribution is -2.38. The first-order chi connectivity index (χ1) is 12.4. The Balaban J connectivity index is 1.62. The Morgan fingerprint density at radius 3 is 2.38 bits per heavy atom. The van der Waals surface area contributed by atoms with E-state index in [1.165, 1.54) is 12.3 Å². The molecule has 26 heavy (non-hydrogen) atoms. The summed E-state index contributed by atoms with van der Waals surface area (Å²) in [7, 11) is 0. The summed E-state index contributed by atoms with van der Waals surface area (Å²) in [6.07, 6.45) is 2.90. The molecule has 1 aliphatic heterocycles. The van der Waals surface area contributed by atoms with Crippen LogP contribution in [0.2, 0.25) is 10.2 Å². The zero-order chi connectivity index (χ0) is 18.7. The molecule has 0 bridgehead atoms. The molecule has 8 heteroatoms. The third-order valence-corrected chi connectivity index (χ3v) is 5.13. The highest BCUT2D eigenvalue weighted by Crippen LogP contribution is 2.25. The molecule has 1 aliphatic rings. The van der Waals surface area contributed by atoms with Crippen molar-refractivity contribution in [1.29, 1.82) is 0 Å². The van der Waals surface area contributed by atoms with Gasteiger partial charge in [0.25, 0.3) is 5.91 Å². The van der Waals surface area contributed by atoms with Crippen LogP contribution < -0.4 is 16.0 Å². The lowest BCUT2D eigenvalue weighted by molar-refractivity contribution is -0.122. The maximum Gasteiger partial charge on any atom is 0.257 e. The summed E-state index contributed by atoms with van der Waals surface area (Å²) in [5.41, 5.74) is 7.40. The average molecular weight is 393 g/mol. The van der Waals surface area contributed by atoms with E-state index >= 15 is 0 Å². The minimum atomic E-state index is -0.314. The molecule has 1 fully saturated rings. The zero-order valence-electron chi connectivity index (χ0n) is 13.9. The van der Waals surface area contributed by atoms with E-state index in [9.17, 15) is 9.59 Å². The fourth-order valence-electron chi connectivity index (χ4n) is 2.93. The number of primary amides is 1. The normalized spacial score (nSPS) is 14.9. The van der Waals surface area contributed by atoms with Crippen molar-refractivity contribution in [1.82, 2.24) is 4.98 Å². The number of benzene rings is 1. The summed E-state index contributed by atoms with van der Waals surface area (Å²) in [6.45, 7) is 1.57. The number of carbonyl (C=O) groups is 2. The first kappa shape index (κ1) is 18.5. The molecule has 0 unspecified atom stereocenters. The van der Waals surface area contributed by atoms with E-state index < -0.39 is 0 Å². The highest BCUT2D eigenvalue weighted by atomic mass is 35.5. The van der Waals surface area contributed by atoms with Crippen LogP contribution in [0.4, 0.5) is 11.4 Å². The molecular formula is C18H18Cl2N4O2. The standard InChI is InChI=1S/C18H18Cl2N4O2/c19-15-9-12(10-22-16(15)20)18(26)23-13-1-3-14(4-2-13)24-7-5-11(6-8-24)17(21)25/h1-4,9-11H,5-8H2,(H2,21,25)(H,23,26). The van der Waals surface area contributed by atoms with Crippen molar-refractivity contribution >= 4 is 46.4 Å². The molecule has 136 valence electrons. The van der Waals surface area contributed by atoms with Crippen LogP contribution in [0.15, 0.2) is 36.5 Å². The lowest BCUT2D eigenvalue weighted by atomic mass is 9.96. The largest absolute Gasteiger partial charge is 0.371 e. The predicted octanol–water partition coefficient (Wildman–Crippen LogP) is 3.34. The number of anilines is 2. The van der Waals surface area contributed by atoms with E-state index in [-0.39, 0.29) is 27.9 Å². The van der Waals surface area contributed by atoms with Gasteiger partial charge in [0.2, 0.25) is 5.91 Å². The van der Waals surface area contributed by atoms with Gasteiger partial charge in [-0.15, -0.1) is 0 Å². The Hall–Kier alpha value is -2.31. The summed E-state index contributed by atoms with van der Waals surface area (Å²) < 4.78 is 0. The molecule has 6 nitrogen and oxygen atoms in total. The van der Waals surface area contributed by atoms with Crippen molar-refractivity contribution in [2.45, 2.75) is 12.8 Å². The summed E-state index contributed by atoms with van der Waals surface area (Å²) in [5.74, 6) is -0.574. The SMILES string of the molecule is NC(=O)C1CCN(c2ccc(NC(=O)c3cnc(Cl)c(Cl)c3)cc2)CC1. The molecule has 2 heterocycles. The van der Waals surface area contributed by atoms with E-state index in [0.717, 1.165) is 31.6 Å². The van der Waals surface area contributed by atoms with Gasteiger partial charge in [-0.3, -0.25) is 9.59 Å². The monoisotopic (exact) mass is 392 g/mol. The Bertz CT molecular complexity index is 818. The number of piperidine rings is 1. The summed E-state index contributed by atoms with van der Waals surface area (Å²) in [4.78, 5) is 29.6. The van der Waals surface area contributed by atoms with Crippen molar-refractivity contribution in [2.75, 3.05) is 23.3 Å². The van der Waals surface area contributed by atoms with Crippen molar-refractivity contribution < 1.29 is 9.59 Å². The van der Waals surface area contributed by atoms with E-state index in [0.29, 0.717) is 11.3 Å². The van der Waals surface area contributed by atoms with Gasteiger partial charge in [0.05, 0.1) is 10.6 Å². The van der Waals surface area contributed by atoms with Crippen LogP contribution >= 0.6 is 23.2 Å². The number of nitrogens with zero attached hydrogens (tertiary/aromatic N) is 2. The molecule has 3 N–H and O–H groups in total. The van der Waals surface area contributed by atoms with E-state index in [1.807, 2.05) is 24.3 Å². The van der Waals surface area contributed by atoms with Gasteiger partial charge in [-0.1, -0.05) is 23.2 Å². The minimum absolute atomic E-state index is 0.0374. The maximum atomic E-state index is 12.3.